The normalized spacial score (nSPS) is 25.8. The van der Waals surface area contributed by atoms with E-state index >= 15 is 0 Å². The molecule has 2 aliphatic rings. The monoisotopic (exact) mass is 325 g/mol. The minimum atomic E-state index is 0.545. The second kappa shape index (κ2) is 9.45. The molecule has 2 saturated heterocycles. The molecule has 0 aliphatic carbocycles. The molecule has 1 N–H and O–H groups in total. The number of hydrogen-bond acceptors (Lipinski definition) is 4. The number of guanidine groups is 1. The van der Waals surface area contributed by atoms with Crippen molar-refractivity contribution in [3.63, 3.8) is 0 Å². The number of hydrogen-bond donors (Lipinski definition) is 1. The fourth-order valence-electron chi connectivity index (χ4n) is 3.62. The van der Waals surface area contributed by atoms with E-state index in [1.54, 1.807) is 7.11 Å². The van der Waals surface area contributed by atoms with Crippen LogP contribution in [0.2, 0.25) is 0 Å². The summed E-state index contributed by atoms with van der Waals surface area (Å²) >= 11 is 0. The Labute approximate surface area is 141 Å². The third-order valence-electron chi connectivity index (χ3n) is 5.23. The smallest absolute Gasteiger partial charge is 0.193 e. The van der Waals surface area contributed by atoms with Crippen LogP contribution in [0, 0.1) is 5.92 Å². The molecule has 2 atom stereocenters. The average Bonchev–Trinajstić information content (AvgIpc) is 3.04. The molecule has 2 rings (SSSR count). The minimum absolute atomic E-state index is 0.545. The van der Waals surface area contributed by atoms with Crippen LogP contribution in [0.1, 0.15) is 20.3 Å². The number of likely N-dealkylation sites (tertiary alicyclic amines) is 1. The van der Waals surface area contributed by atoms with Gasteiger partial charge in [-0.1, -0.05) is 6.92 Å². The van der Waals surface area contributed by atoms with E-state index in [0.717, 1.165) is 32.2 Å². The van der Waals surface area contributed by atoms with Gasteiger partial charge in [-0.3, -0.25) is 9.89 Å². The van der Waals surface area contributed by atoms with Crippen LogP contribution in [0.3, 0.4) is 0 Å². The molecule has 2 aliphatic heterocycles. The third-order valence-corrected chi connectivity index (χ3v) is 5.23. The molecule has 2 heterocycles. The molecule has 23 heavy (non-hydrogen) atoms. The number of nitrogens with one attached hydrogen (secondary N) is 1. The molecule has 2 unspecified atom stereocenters. The van der Waals surface area contributed by atoms with Gasteiger partial charge >= 0.3 is 0 Å². The first-order valence-corrected chi connectivity index (χ1v) is 9.08. The van der Waals surface area contributed by atoms with Crippen LogP contribution in [0.4, 0.5) is 0 Å². The van der Waals surface area contributed by atoms with Gasteiger partial charge < -0.3 is 19.9 Å². The van der Waals surface area contributed by atoms with Gasteiger partial charge in [0.15, 0.2) is 5.96 Å². The molecule has 0 aromatic carbocycles. The Morgan fingerprint density at radius 3 is 2.61 bits per heavy atom. The standard InChI is InChI=1S/C17H35N5O/c1-5-20-8-10-21(11-9-20)15(2)12-19-17(18-3)22-7-6-16(13-22)14-23-4/h15-16H,5-14H2,1-4H3,(H,18,19). The number of ether oxygens (including phenoxy) is 1. The fourth-order valence-corrected chi connectivity index (χ4v) is 3.62. The lowest BCUT2D eigenvalue weighted by Crippen LogP contribution is -2.53. The Morgan fingerprint density at radius 2 is 2.00 bits per heavy atom. The van der Waals surface area contributed by atoms with Crippen LogP contribution in [0.5, 0.6) is 0 Å². The molecule has 0 aromatic heterocycles. The Hall–Kier alpha value is -0.850. The van der Waals surface area contributed by atoms with Gasteiger partial charge in [-0.2, -0.15) is 0 Å². The van der Waals surface area contributed by atoms with Gasteiger partial charge in [-0.05, 0) is 19.9 Å². The van der Waals surface area contributed by atoms with Crippen LogP contribution < -0.4 is 5.32 Å². The lowest BCUT2D eigenvalue weighted by molar-refractivity contribution is 0.107. The van der Waals surface area contributed by atoms with Crippen LogP contribution in [0.25, 0.3) is 0 Å². The number of methoxy groups -OCH3 is 1. The second-order valence-electron chi connectivity index (χ2n) is 6.80. The van der Waals surface area contributed by atoms with Gasteiger partial charge in [-0.15, -0.1) is 0 Å². The van der Waals surface area contributed by atoms with Gasteiger partial charge in [0.05, 0.1) is 6.61 Å². The molecule has 6 heteroatoms. The van der Waals surface area contributed by atoms with Crippen molar-refractivity contribution in [2.75, 3.05) is 73.1 Å². The van der Waals surface area contributed by atoms with E-state index < -0.39 is 0 Å². The molecular weight excluding hydrogens is 290 g/mol. The number of piperazine rings is 1. The number of likely N-dealkylation sites (N-methyl/N-ethyl adjacent to an activating group) is 1. The molecule has 0 saturated carbocycles. The van der Waals surface area contributed by atoms with E-state index in [4.69, 9.17) is 4.74 Å². The quantitative estimate of drug-likeness (QED) is 0.571. The van der Waals surface area contributed by atoms with Crippen molar-refractivity contribution < 1.29 is 4.74 Å². The first-order valence-electron chi connectivity index (χ1n) is 9.08. The van der Waals surface area contributed by atoms with E-state index in [-0.39, 0.29) is 0 Å². The molecule has 6 nitrogen and oxygen atoms in total. The summed E-state index contributed by atoms with van der Waals surface area (Å²) in [7, 11) is 3.67. The van der Waals surface area contributed by atoms with Crippen molar-refractivity contribution in [2.45, 2.75) is 26.3 Å². The Bertz CT molecular complexity index is 368. The number of nitrogens with zero attached hydrogens (tertiary/aromatic N) is 4. The zero-order chi connectivity index (χ0) is 16.7. The van der Waals surface area contributed by atoms with Crippen molar-refractivity contribution in [1.82, 2.24) is 20.0 Å². The zero-order valence-corrected chi connectivity index (χ0v) is 15.4. The SMILES string of the molecule is CCN1CCN(C(C)CNC(=NC)N2CCC(COC)C2)CC1. The highest BCUT2D eigenvalue weighted by molar-refractivity contribution is 5.80. The Balaban J connectivity index is 1.73. The van der Waals surface area contributed by atoms with Crippen molar-refractivity contribution in [2.24, 2.45) is 10.9 Å². The maximum absolute atomic E-state index is 5.29. The Kier molecular flexibility index (Phi) is 7.59. The summed E-state index contributed by atoms with van der Waals surface area (Å²) in [6.45, 7) is 14.4. The molecular formula is C17H35N5O. The van der Waals surface area contributed by atoms with Crippen LogP contribution in [-0.4, -0.2) is 99.8 Å². The fraction of sp³-hybridized carbons (Fsp3) is 0.941. The first kappa shape index (κ1) is 18.5. The van der Waals surface area contributed by atoms with Gasteiger partial charge in [0.2, 0.25) is 0 Å². The van der Waals surface area contributed by atoms with Crippen LogP contribution >= 0.6 is 0 Å². The number of aliphatic imine (C=N–C) groups is 1. The van der Waals surface area contributed by atoms with E-state index in [1.807, 2.05) is 7.05 Å². The van der Waals surface area contributed by atoms with Crippen molar-refractivity contribution in [3.8, 4) is 0 Å². The summed E-state index contributed by atoms with van der Waals surface area (Å²) in [6, 6.07) is 0.545. The molecule has 2 fully saturated rings. The van der Waals surface area contributed by atoms with Gasteiger partial charge in [0.25, 0.3) is 0 Å². The lowest BCUT2D eigenvalue weighted by Gasteiger charge is -2.38. The molecule has 0 radical (unpaired) electrons. The van der Waals surface area contributed by atoms with Crippen molar-refractivity contribution >= 4 is 5.96 Å². The topological polar surface area (TPSA) is 43.3 Å². The molecule has 134 valence electrons. The van der Waals surface area contributed by atoms with E-state index in [9.17, 15) is 0 Å². The first-order chi connectivity index (χ1) is 11.2. The zero-order valence-electron chi connectivity index (χ0n) is 15.4. The molecule has 0 spiro atoms. The van der Waals surface area contributed by atoms with Gasteiger partial charge in [-0.25, -0.2) is 0 Å². The van der Waals surface area contributed by atoms with E-state index in [0.29, 0.717) is 12.0 Å². The Morgan fingerprint density at radius 1 is 1.26 bits per heavy atom. The van der Waals surface area contributed by atoms with E-state index in [1.165, 1.54) is 39.1 Å². The summed E-state index contributed by atoms with van der Waals surface area (Å²) in [6.07, 6.45) is 1.20. The summed E-state index contributed by atoms with van der Waals surface area (Å²) in [5, 5.41) is 3.58. The highest BCUT2D eigenvalue weighted by atomic mass is 16.5. The minimum Gasteiger partial charge on any atom is -0.384 e. The summed E-state index contributed by atoms with van der Waals surface area (Å²) in [5.41, 5.74) is 0. The predicted molar refractivity (Wildman–Crippen MR) is 96.1 cm³/mol. The molecule has 0 bridgehead atoms. The predicted octanol–water partition coefficient (Wildman–Crippen LogP) is 0.556. The highest BCUT2D eigenvalue weighted by Crippen LogP contribution is 2.16. The summed E-state index contributed by atoms with van der Waals surface area (Å²) in [4.78, 5) is 11.9. The summed E-state index contributed by atoms with van der Waals surface area (Å²) < 4.78 is 5.29. The summed E-state index contributed by atoms with van der Waals surface area (Å²) in [5.74, 6) is 1.68. The largest absolute Gasteiger partial charge is 0.384 e. The maximum atomic E-state index is 5.29. The van der Waals surface area contributed by atoms with Gasteiger partial charge in [0.1, 0.15) is 0 Å². The lowest BCUT2D eigenvalue weighted by atomic mass is 10.1. The molecule has 0 aromatic rings. The van der Waals surface area contributed by atoms with Crippen LogP contribution in [-0.2, 0) is 4.74 Å². The molecule has 0 amide bonds. The van der Waals surface area contributed by atoms with Crippen molar-refractivity contribution in [3.05, 3.63) is 0 Å². The van der Waals surface area contributed by atoms with E-state index in [2.05, 4.69) is 38.9 Å². The second-order valence-corrected chi connectivity index (χ2v) is 6.80. The van der Waals surface area contributed by atoms with Gasteiger partial charge in [0, 0.05) is 71.9 Å². The third kappa shape index (κ3) is 5.33. The maximum Gasteiger partial charge on any atom is 0.193 e. The van der Waals surface area contributed by atoms with Crippen molar-refractivity contribution in [1.29, 1.82) is 0 Å². The number of rotatable bonds is 6. The van der Waals surface area contributed by atoms with Crippen LogP contribution in [0.15, 0.2) is 4.99 Å². The highest BCUT2D eigenvalue weighted by Gasteiger charge is 2.25. The average molecular weight is 326 g/mol.